The highest BCUT2D eigenvalue weighted by Gasteiger charge is 2.10. The minimum Gasteiger partial charge on any atom is -0.494 e. The molecule has 1 aromatic heterocycles. The summed E-state index contributed by atoms with van der Waals surface area (Å²) >= 11 is 0. The van der Waals surface area contributed by atoms with Gasteiger partial charge in [0.15, 0.2) is 6.61 Å². The number of carbonyl (C=O) groups excluding carboxylic acids is 1. The molecule has 0 radical (unpaired) electrons. The molecule has 2 rings (SSSR count). The lowest BCUT2D eigenvalue weighted by molar-refractivity contribution is -0.118. The second-order valence-electron chi connectivity index (χ2n) is 4.97. The minimum atomic E-state index is -0.223. The van der Waals surface area contributed by atoms with Crippen LogP contribution in [0.15, 0.2) is 24.3 Å². The van der Waals surface area contributed by atoms with Crippen molar-refractivity contribution in [2.24, 2.45) is 0 Å². The molecule has 2 N–H and O–H groups in total. The van der Waals surface area contributed by atoms with Crippen molar-refractivity contribution in [2.45, 2.75) is 27.2 Å². The Bertz CT molecular complexity index is 601. The van der Waals surface area contributed by atoms with Crippen molar-refractivity contribution in [3.63, 3.8) is 0 Å². The molecule has 0 spiro atoms. The zero-order chi connectivity index (χ0) is 15.9. The number of anilines is 1. The summed E-state index contributed by atoms with van der Waals surface area (Å²) in [4.78, 5) is 11.9. The Morgan fingerprint density at radius 2 is 1.82 bits per heavy atom. The number of hydrogen-bond donors (Lipinski definition) is 2. The van der Waals surface area contributed by atoms with Gasteiger partial charge in [-0.3, -0.25) is 9.89 Å². The van der Waals surface area contributed by atoms with Gasteiger partial charge in [0.1, 0.15) is 11.5 Å². The first-order valence-electron chi connectivity index (χ1n) is 7.27. The van der Waals surface area contributed by atoms with Crippen molar-refractivity contribution in [2.75, 3.05) is 18.5 Å². The number of nitrogens with one attached hydrogen (secondary N) is 2. The van der Waals surface area contributed by atoms with Crippen LogP contribution in [-0.4, -0.2) is 29.3 Å². The van der Waals surface area contributed by atoms with Gasteiger partial charge in [0, 0.05) is 0 Å². The molecule has 1 amide bonds. The van der Waals surface area contributed by atoms with Gasteiger partial charge in [0.25, 0.3) is 5.91 Å². The number of hydrogen-bond acceptors (Lipinski definition) is 4. The molecule has 2 aromatic rings. The number of nitrogens with zero attached hydrogens (tertiary/aromatic N) is 1. The van der Waals surface area contributed by atoms with E-state index in [1.807, 2.05) is 26.0 Å². The molecule has 6 heteroatoms. The predicted octanol–water partition coefficient (Wildman–Crippen LogP) is 2.83. The first-order valence-corrected chi connectivity index (χ1v) is 7.27. The summed E-state index contributed by atoms with van der Waals surface area (Å²) in [6, 6.07) is 7.22. The van der Waals surface area contributed by atoms with Crippen LogP contribution in [0.1, 0.15) is 24.7 Å². The van der Waals surface area contributed by atoms with Crippen molar-refractivity contribution in [3.8, 4) is 11.5 Å². The Morgan fingerprint density at radius 3 is 2.36 bits per heavy atom. The van der Waals surface area contributed by atoms with Crippen molar-refractivity contribution in [3.05, 3.63) is 35.7 Å². The van der Waals surface area contributed by atoms with Crippen LogP contribution in [0.4, 0.5) is 5.69 Å². The zero-order valence-corrected chi connectivity index (χ0v) is 13.1. The predicted molar refractivity (Wildman–Crippen MR) is 84.4 cm³/mol. The molecule has 0 saturated heterocycles. The molecule has 1 aromatic carbocycles. The van der Waals surface area contributed by atoms with Crippen LogP contribution in [0.5, 0.6) is 11.5 Å². The van der Waals surface area contributed by atoms with E-state index in [9.17, 15) is 4.79 Å². The fraction of sp³-hybridized carbons (Fsp3) is 0.375. The number of rotatable bonds is 7. The smallest absolute Gasteiger partial charge is 0.262 e. The van der Waals surface area contributed by atoms with Gasteiger partial charge in [-0.2, -0.15) is 5.10 Å². The van der Waals surface area contributed by atoms with E-state index in [0.717, 1.165) is 23.6 Å². The Labute approximate surface area is 129 Å². The van der Waals surface area contributed by atoms with Gasteiger partial charge in [-0.1, -0.05) is 6.92 Å². The van der Waals surface area contributed by atoms with E-state index in [1.165, 1.54) is 0 Å². The molecular weight excluding hydrogens is 282 g/mol. The highest BCUT2D eigenvalue weighted by atomic mass is 16.5. The highest BCUT2D eigenvalue weighted by Crippen LogP contribution is 2.18. The van der Waals surface area contributed by atoms with E-state index in [0.29, 0.717) is 18.0 Å². The molecule has 118 valence electrons. The van der Waals surface area contributed by atoms with Crippen molar-refractivity contribution < 1.29 is 14.3 Å². The fourth-order valence-corrected chi connectivity index (χ4v) is 1.91. The maximum Gasteiger partial charge on any atom is 0.262 e. The molecule has 0 unspecified atom stereocenters. The van der Waals surface area contributed by atoms with Crippen molar-refractivity contribution in [1.82, 2.24) is 10.2 Å². The molecular formula is C16H21N3O3. The summed E-state index contributed by atoms with van der Waals surface area (Å²) < 4.78 is 10.9. The molecule has 0 fully saturated rings. The number of amides is 1. The van der Waals surface area contributed by atoms with Gasteiger partial charge >= 0.3 is 0 Å². The van der Waals surface area contributed by atoms with E-state index in [-0.39, 0.29) is 12.5 Å². The summed E-state index contributed by atoms with van der Waals surface area (Å²) in [5, 5.41) is 9.63. The van der Waals surface area contributed by atoms with Gasteiger partial charge in [-0.25, -0.2) is 0 Å². The third kappa shape index (κ3) is 4.25. The molecule has 22 heavy (non-hydrogen) atoms. The Kier molecular flexibility index (Phi) is 5.41. The normalized spacial score (nSPS) is 10.3. The largest absolute Gasteiger partial charge is 0.494 e. The number of aromatic nitrogens is 2. The van der Waals surface area contributed by atoms with Crippen LogP contribution >= 0.6 is 0 Å². The molecule has 0 aliphatic heterocycles. The monoisotopic (exact) mass is 303 g/mol. The van der Waals surface area contributed by atoms with Crippen LogP contribution in [-0.2, 0) is 4.79 Å². The first-order chi connectivity index (χ1) is 10.6. The van der Waals surface area contributed by atoms with Crippen LogP contribution in [0.25, 0.3) is 0 Å². The van der Waals surface area contributed by atoms with Gasteiger partial charge in [0.2, 0.25) is 0 Å². The maximum absolute atomic E-state index is 11.9. The molecule has 0 aliphatic rings. The van der Waals surface area contributed by atoms with Crippen LogP contribution < -0.4 is 14.8 Å². The maximum atomic E-state index is 11.9. The van der Waals surface area contributed by atoms with Gasteiger partial charge in [-0.05, 0) is 44.5 Å². The molecule has 0 aliphatic carbocycles. The van der Waals surface area contributed by atoms with E-state index in [2.05, 4.69) is 22.4 Å². The van der Waals surface area contributed by atoms with Crippen molar-refractivity contribution in [1.29, 1.82) is 0 Å². The lowest BCUT2D eigenvalue weighted by Gasteiger charge is -2.09. The highest BCUT2D eigenvalue weighted by molar-refractivity contribution is 5.92. The third-order valence-corrected chi connectivity index (χ3v) is 3.06. The molecule has 0 saturated carbocycles. The average Bonchev–Trinajstić information content (AvgIpc) is 2.84. The fourth-order valence-electron chi connectivity index (χ4n) is 1.91. The summed E-state index contributed by atoms with van der Waals surface area (Å²) in [7, 11) is 0. The number of aryl methyl sites for hydroxylation is 2. The van der Waals surface area contributed by atoms with E-state index in [1.54, 1.807) is 12.1 Å². The second kappa shape index (κ2) is 7.49. The van der Waals surface area contributed by atoms with Crippen LogP contribution in [0, 0.1) is 13.8 Å². The van der Waals surface area contributed by atoms with E-state index in [4.69, 9.17) is 9.47 Å². The SMILES string of the molecule is CCCOc1ccc(OCC(=O)Nc2c(C)n[nH]c2C)cc1. The number of ether oxygens (including phenoxy) is 2. The summed E-state index contributed by atoms with van der Waals surface area (Å²) in [6.07, 6.45) is 0.964. The Hall–Kier alpha value is -2.50. The molecule has 6 nitrogen and oxygen atoms in total. The quantitative estimate of drug-likeness (QED) is 0.824. The van der Waals surface area contributed by atoms with Gasteiger partial charge < -0.3 is 14.8 Å². The average molecular weight is 303 g/mol. The first kappa shape index (κ1) is 15.9. The molecule has 0 atom stereocenters. The molecule has 0 bridgehead atoms. The lowest BCUT2D eigenvalue weighted by atomic mass is 10.3. The van der Waals surface area contributed by atoms with E-state index < -0.39 is 0 Å². The topological polar surface area (TPSA) is 76.2 Å². The standard InChI is InChI=1S/C16H21N3O3/c1-4-9-21-13-5-7-14(8-6-13)22-10-15(20)17-16-11(2)18-19-12(16)3/h5-8H,4,9-10H2,1-3H3,(H,17,20)(H,18,19). The zero-order valence-electron chi connectivity index (χ0n) is 13.1. The third-order valence-electron chi connectivity index (χ3n) is 3.06. The van der Waals surface area contributed by atoms with Gasteiger partial charge in [0.05, 0.1) is 23.7 Å². The Morgan fingerprint density at radius 1 is 1.18 bits per heavy atom. The van der Waals surface area contributed by atoms with E-state index >= 15 is 0 Å². The second-order valence-corrected chi connectivity index (χ2v) is 4.97. The number of H-pyrrole nitrogens is 1. The number of carbonyl (C=O) groups is 1. The number of benzene rings is 1. The summed E-state index contributed by atoms with van der Waals surface area (Å²) in [5.41, 5.74) is 2.28. The Balaban J connectivity index is 1.83. The van der Waals surface area contributed by atoms with Gasteiger partial charge in [-0.15, -0.1) is 0 Å². The lowest BCUT2D eigenvalue weighted by Crippen LogP contribution is -2.20. The van der Waals surface area contributed by atoms with Crippen LogP contribution in [0.3, 0.4) is 0 Å². The van der Waals surface area contributed by atoms with Crippen LogP contribution in [0.2, 0.25) is 0 Å². The number of aromatic amines is 1. The molecule has 1 heterocycles. The van der Waals surface area contributed by atoms with Crippen molar-refractivity contribution >= 4 is 11.6 Å². The summed E-state index contributed by atoms with van der Waals surface area (Å²) in [6.45, 7) is 6.37. The minimum absolute atomic E-state index is 0.0563. The summed E-state index contributed by atoms with van der Waals surface area (Å²) in [5.74, 6) is 1.20.